The first-order valence-corrected chi connectivity index (χ1v) is 13.6. The van der Waals surface area contributed by atoms with E-state index in [0.29, 0.717) is 27.1 Å². The number of aliphatic imine (C=N–C) groups is 1. The van der Waals surface area contributed by atoms with Crippen LogP contribution in [0.15, 0.2) is 97.6 Å². The average Bonchev–Trinajstić information content (AvgIpc) is 3.28. The van der Waals surface area contributed by atoms with Gasteiger partial charge in [-0.1, -0.05) is 62.9 Å². The molecule has 0 N–H and O–H groups in total. The van der Waals surface area contributed by atoms with Gasteiger partial charge in [-0.15, -0.1) is 0 Å². The zero-order valence-electron chi connectivity index (χ0n) is 18.7. The summed E-state index contributed by atoms with van der Waals surface area (Å²) in [4.78, 5) is 4.60. The van der Waals surface area contributed by atoms with Crippen molar-refractivity contribution in [3.8, 4) is 0 Å². The second kappa shape index (κ2) is 11.1. The number of sulfonamides is 1. The Hall–Kier alpha value is -2.42. The topological polar surface area (TPSA) is 62.9 Å². The largest absolute Gasteiger partial charge is 0.459 e. The lowest BCUT2D eigenvalue weighted by Crippen LogP contribution is -2.30. The molecule has 4 rings (SSSR count). The molecule has 9 heteroatoms. The highest BCUT2D eigenvalue weighted by Crippen LogP contribution is 2.27. The summed E-state index contributed by atoms with van der Waals surface area (Å²) in [6.45, 7) is 2.03. The number of hydrogen-bond acceptors (Lipinski definition) is 4. The summed E-state index contributed by atoms with van der Waals surface area (Å²) in [5.41, 5.74) is 2.45. The van der Waals surface area contributed by atoms with Crippen LogP contribution in [0.5, 0.6) is 0 Å². The van der Waals surface area contributed by atoms with Crippen LogP contribution in [0.25, 0.3) is 0 Å². The summed E-state index contributed by atoms with van der Waals surface area (Å²) in [7, 11) is -3.83. The maximum absolute atomic E-state index is 13.5. The molecule has 0 aliphatic rings. The van der Waals surface area contributed by atoms with Crippen LogP contribution in [-0.4, -0.2) is 18.9 Å². The smallest absolute Gasteiger partial charge is 0.243 e. The summed E-state index contributed by atoms with van der Waals surface area (Å²) in [6, 6.07) is 22.9. The van der Waals surface area contributed by atoms with Gasteiger partial charge in [-0.2, -0.15) is 4.31 Å². The van der Waals surface area contributed by atoms with E-state index in [1.165, 1.54) is 4.31 Å². The van der Waals surface area contributed by atoms with Gasteiger partial charge in [0.1, 0.15) is 11.5 Å². The predicted octanol–water partition coefficient (Wildman–Crippen LogP) is 7.80. The van der Waals surface area contributed by atoms with Crippen LogP contribution in [0, 0.1) is 6.92 Å². The molecule has 0 saturated heterocycles. The molecule has 35 heavy (non-hydrogen) atoms. The maximum atomic E-state index is 13.5. The predicted molar refractivity (Wildman–Crippen MR) is 144 cm³/mol. The highest BCUT2D eigenvalue weighted by atomic mass is 79.9. The van der Waals surface area contributed by atoms with Crippen LogP contribution < -0.4 is 0 Å². The molecule has 0 fully saturated rings. The van der Waals surface area contributed by atoms with Gasteiger partial charge in [-0.3, -0.25) is 4.99 Å². The third kappa shape index (κ3) is 6.63. The molecule has 0 amide bonds. The fourth-order valence-electron chi connectivity index (χ4n) is 3.31. The first kappa shape index (κ1) is 25.7. The highest BCUT2D eigenvalue weighted by molar-refractivity contribution is 9.10. The minimum absolute atomic E-state index is 0.0303. The molecule has 0 radical (unpaired) electrons. The van der Waals surface area contributed by atoms with Gasteiger partial charge in [0.15, 0.2) is 0 Å². The molecular formula is C26H21BrCl2N2O3S. The fourth-order valence-corrected chi connectivity index (χ4v) is 5.29. The van der Waals surface area contributed by atoms with Crippen molar-refractivity contribution in [1.82, 2.24) is 4.31 Å². The lowest BCUT2D eigenvalue weighted by atomic mass is 10.2. The molecule has 4 aromatic rings. The van der Waals surface area contributed by atoms with Gasteiger partial charge in [-0.25, -0.2) is 8.42 Å². The Bertz CT molecular complexity index is 1450. The SMILES string of the molecule is Cc1ccc(S(=O)(=O)N(Cc2ccc(Cl)c(Cl)c2)Cc2ccc(C=Nc3ccc(Br)cc3)o2)cc1. The van der Waals surface area contributed by atoms with Gasteiger partial charge in [0.25, 0.3) is 0 Å². The van der Waals surface area contributed by atoms with E-state index in [2.05, 4.69) is 20.9 Å². The van der Waals surface area contributed by atoms with E-state index in [1.54, 1.807) is 60.8 Å². The Labute approximate surface area is 223 Å². The second-order valence-corrected chi connectivity index (χ2v) is 11.5. The van der Waals surface area contributed by atoms with Gasteiger partial charge in [0.2, 0.25) is 10.0 Å². The van der Waals surface area contributed by atoms with Crippen molar-refractivity contribution >= 4 is 61.1 Å². The molecule has 5 nitrogen and oxygen atoms in total. The van der Waals surface area contributed by atoms with Crippen LogP contribution in [0.2, 0.25) is 10.0 Å². The highest BCUT2D eigenvalue weighted by Gasteiger charge is 2.26. The van der Waals surface area contributed by atoms with Crippen LogP contribution in [-0.2, 0) is 23.1 Å². The van der Waals surface area contributed by atoms with E-state index in [4.69, 9.17) is 27.6 Å². The molecule has 0 aliphatic heterocycles. The van der Waals surface area contributed by atoms with E-state index < -0.39 is 10.0 Å². The summed E-state index contributed by atoms with van der Waals surface area (Å²) in [6.07, 6.45) is 1.60. The number of rotatable bonds is 8. The number of halogens is 3. The fraction of sp³-hybridized carbons (Fsp3) is 0.115. The normalized spacial score (nSPS) is 12.0. The van der Waals surface area contributed by atoms with Crippen molar-refractivity contribution in [3.05, 3.63) is 116 Å². The van der Waals surface area contributed by atoms with Gasteiger partial charge in [-0.05, 0) is 73.2 Å². The monoisotopic (exact) mass is 590 g/mol. The molecule has 0 aliphatic carbocycles. The van der Waals surface area contributed by atoms with E-state index in [0.717, 1.165) is 15.7 Å². The van der Waals surface area contributed by atoms with E-state index in [-0.39, 0.29) is 18.0 Å². The minimum atomic E-state index is -3.83. The van der Waals surface area contributed by atoms with Crippen LogP contribution in [0.3, 0.4) is 0 Å². The Kier molecular flexibility index (Phi) is 8.14. The first-order chi connectivity index (χ1) is 16.7. The molecule has 1 aromatic heterocycles. The molecule has 0 bridgehead atoms. The maximum Gasteiger partial charge on any atom is 0.243 e. The Balaban J connectivity index is 1.60. The molecule has 0 unspecified atom stereocenters. The standard InChI is InChI=1S/C26H21BrCl2N2O3S/c1-18-2-11-24(12-3-18)35(32,33)31(16-19-4-13-25(28)26(29)14-19)17-23-10-9-22(34-23)15-30-21-7-5-20(27)6-8-21/h2-15H,16-17H2,1H3. The molecule has 0 spiro atoms. The van der Waals surface area contributed by atoms with Gasteiger partial charge in [0.05, 0.1) is 33.4 Å². The Morgan fingerprint density at radius 3 is 2.31 bits per heavy atom. The molecule has 3 aromatic carbocycles. The lowest BCUT2D eigenvalue weighted by molar-refractivity contribution is 0.357. The number of furan rings is 1. The summed E-state index contributed by atoms with van der Waals surface area (Å²) in [5, 5.41) is 0.769. The van der Waals surface area contributed by atoms with Crippen molar-refractivity contribution < 1.29 is 12.8 Å². The molecule has 1 heterocycles. The minimum Gasteiger partial charge on any atom is -0.459 e. The lowest BCUT2D eigenvalue weighted by Gasteiger charge is -2.22. The number of nitrogens with zero attached hydrogens (tertiary/aromatic N) is 2. The van der Waals surface area contributed by atoms with Gasteiger partial charge >= 0.3 is 0 Å². The molecule has 180 valence electrons. The Morgan fingerprint density at radius 2 is 1.63 bits per heavy atom. The summed E-state index contributed by atoms with van der Waals surface area (Å²) < 4.78 is 35.3. The van der Waals surface area contributed by atoms with Crippen molar-refractivity contribution in [2.45, 2.75) is 24.9 Å². The zero-order chi connectivity index (χ0) is 25.0. The van der Waals surface area contributed by atoms with Crippen molar-refractivity contribution in [1.29, 1.82) is 0 Å². The average molecular weight is 592 g/mol. The van der Waals surface area contributed by atoms with E-state index in [1.807, 2.05) is 31.2 Å². The molecule has 0 atom stereocenters. The van der Waals surface area contributed by atoms with Crippen LogP contribution in [0.4, 0.5) is 5.69 Å². The molecule has 0 saturated carbocycles. The molecular weight excluding hydrogens is 571 g/mol. The third-order valence-corrected chi connectivity index (χ3v) is 8.26. The van der Waals surface area contributed by atoms with E-state index >= 15 is 0 Å². The van der Waals surface area contributed by atoms with E-state index in [9.17, 15) is 8.42 Å². The van der Waals surface area contributed by atoms with Gasteiger partial charge in [0, 0.05) is 11.0 Å². The number of hydrogen-bond donors (Lipinski definition) is 0. The van der Waals surface area contributed by atoms with Crippen molar-refractivity contribution in [2.75, 3.05) is 0 Å². The van der Waals surface area contributed by atoms with Crippen LogP contribution >= 0.6 is 39.1 Å². The number of benzene rings is 3. The first-order valence-electron chi connectivity index (χ1n) is 10.6. The summed E-state index contributed by atoms with van der Waals surface area (Å²) in [5.74, 6) is 1.00. The quantitative estimate of drug-likeness (QED) is 0.196. The zero-order valence-corrected chi connectivity index (χ0v) is 22.6. The van der Waals surface area contributed by atoms with Gasteiger partial charge < -0.3 is 4.42 Å². The third-order valence-electron chi connectivity index (χ3n) is 5.18. The number of aryl methyl sites for hydroxylation is 1. The van der Waals surface area contributed by atoms with Crippen LogP contribution in [0.1, 0.15) is 22.6 Å². The van der Waals surface area contributed by atoms with Crippen molar-refractivity contribution in [3.63, 3.8) is 0 Å². The summed E-state index contributed by atoms with van der Waals surface area (Å²) >= 11 is 15.6. The Morgan fingerprint density at radius 1 is 0.914 bits per heavy atom. The van der Waals surface area contributed by atoms with Crippen molar-refractivity contribution in [2.24, 2.45) is 4.99 Å². The second-order valence-electron chi connectivity index (χ2n) is 7.87.